The van der Waals surface area contributed by atoms with Crippen molar-refractivity contribution in [2.75, 3.05) is 0 Å². The molecule has 0 amide bonds. The first-order chi connectivity index (χ1) is 9.63. The summed E-state index contributed by atoms with van der Waals surface area (Å²) in [7, 11) is -3.85. The van der Waals surface area contributed by atoms with Crippen molar-refractivity contribution in [1.29, 1.82) is 0 Å². The number of sulfonamides is 1. The van der Waals surface area contributed by atoms with E-state index in [1.54, 1.807) is 6.07 Å². The quantitative estimate of drug-likeness (QED) is 0.799. The van der Waals surface area contributed by atoms with Crippen molar-refractivity contribution in [3.63, 3.8) is 0 Å². The van der Waals surface area contributed by atoms with Gasteiger partial charge in [-0.05, 0) is 31.9 Å². The number of hydrogen-bond donors (Lipinski definition) is 2. The van der Waals surface area contributed by atoms with Crippen LogP contribution in [0.15, 0.2) is 21.5 Å². The first-order valence-electron chi connectivity index (χ1n) is 6.88. The van der Waals surface area contributed by atoms with Gasteiger partial charge in [-0.25, -0.2) is 17.5 Å². The molecule has 1 aromatic rings. The fraction of sp³-hybridized carbons (Fsp3) is 0.571. The Morgan fingerprint density at radius 2 is 2.00 bits per heavy atom. The molecule has 0 radical (unpaired) electrons. The van der Waals surface area contributed by atoms with E-state index in [0.29, 0.717) is 10.0 Å². The normalized spacial score (nSPS) is 17.2. The molecule has 0 aromatic heterocycles. The van der Waals surface area contributed by atoms with Crippen LogP contribution >= 0.6 is 15.9 Å². The van der Waals surface area contributed by atoms with Gasteiger partial charge in [-0.1, -0.05) is 29.8 Å². The van der Waals surface area contributed by atoms with E-state index < -0.39 is 21.4 Å². The smallest absolute Gasteiger partial charge is 0.244 e. The third-order valence-corrected chi connectivity index (χ3v) is 5.55. The van der Waals surface area contributed by atoms with Crippen molar-refractivity contribution < 1.29 is 12.8 Å². The lowest BCUT2D eigenvalue weighted by atomic mass is 10.2. The van der Waals surface area contributed by atoms with E-state index >= 15 is 0 Å². The van der Waals surface area contributed by atoms with E-state index in [2.05, 4.69) is 26.0 Å². The molecule has 4 nitrogen and oxygen atoms in total. The SMILES string of the molecule is CC(C)NCc1cc(Br)cc(S(=O)(=O)NC2(C)CC2)c1F. The van der Waals surface area contributed by atoms with E-state index in [9.17, 15) is 12.8 Å². The summed E-state index contributed by atoms with van der Waals surface area (Å²) in [5.74, 6) is -0.692. The van der Waals surface area contributed by atoms with Gasteiger partial charge in [-0.2, -0.15) is 0 Å². The summed E-state index contributed by atoms with van der Waals surface area (Å²) in [6.45, 7) is 6.00. The Kier molecular flexibility index (Phi) is 4.78. The molecular weight excluding hydrogens is 359 g/mol. The molecule has 0 saturated heterocycles. The summed E-state index contributed by atoms with van der Waals surface area (Å²) in [5, 5.41) is 3.09. The number of nitrogens with one attached hydrogen (secondary N) is 2. The average molecular weight is 379 g/mol. The third-order valence-electron chi connectivity index (χ3n) is 3.45. The molecule has 2 rings (SSSR count). The molecule has 1 aliphatic carbocycles. The lowest BCUT2D eigenvalue weighted by Gasteiger charge is -2.15. The van der Waals surface area contributed by atoms with E-state index in [4.69, 9.17) is 0 Å². The van der Waals surface area contributed by atoms with Crippen LogP contribution in [0.4, 0.5) is 4.39 Å². The van der Waals surface area contributed by atoms with E-state index in [1.807, 2.05) is 20.8 Å². The van der Waals surface area contributed by atoms with Crippen LogP contribution in [0.1, 0.15) is 39.2 Å². The lowest BCUT2D eigenvalue weighted by Crippen LogP contribution is -2.35. The molecule has 1 saturated carbocycles. The highest BCUT2D eigenvalue weighted by Gasteiger charge is 2.42. The largest absolute Gasteiger partial charge is 0.310 e. The van der Waals surface area contributed by atoms with Crippen LogP contribution in [0.2, 0.25) is 0 Å². The number of benzene rings is 1. The second-order valence-corrected chi connectivity index (χ2v) is 8.65. The highest BCUT2D eigenvalue weighted by molar-refractivity contribution is 9.10. The number of rotatable bonds is 6. The molecule has 1 aliphatic rings. The second kappa shape index (κ2) is 5.95. The van der Waals surface area contributed by atoms with Crippen molar-refractivity contribution in [2.24, 2.45) is 0 Å². The molecule has 1 fully saturated rings. The summed E-state index contributed by atoms with van der Waals surface area (Å²) in [6, 6.07) is 3.09. The fourth-order valence-electron chi connectivity index (χ4n) is 1.93. The summed E-state index contributed by atoms with van der Waals surface area (Å²) in [6.07, 6.45) is 1.56. The maximum Gasteiger partial charge on any atom is 0.244 e. The highest BCUT2D eigenvalue weighted by atomic mass is 79.9. The Bertz CT molecular complexity index is 643. The van der Waals surface area contributed by atoms with E-state index in [-0.39, 0.29) is 17.5 Å². The van der Waals surface area contributed by atoms with Crippen molar-refractivity contribution in [1.82, 2.24) is 10.0 Å². The molecular formula is C14H20BrFN2O2S. The Hall–Kier alpha value is -0.500. The Morgan fingerprint density at radius 3 is 2.52 bits per heavy atom. The van der Waals surface area contributed by atoms with Gasteiger partial charge >= 0.3 is 0 Å². The van der Waals surface area contributed by atoms with Crippen molar-refractivity contribution >= 4 is 26.0 Å². The van der Waals surface area contributed by atoms with Gasteiger partial charge in [0.05, 0.1) is 0 Å². The maximum atomic E-state index is 14.5. The lowest BCUT2D eigenvalue weighted by molar-refractivity contribution is 0.522. The van der Waals surface area contributed by atoms with Gasteiger partial charge < -0.3 is 5.32 Å². The van der Waals surface area contributed by atoms with E-state index in [1.165, 1.54) is 6.07 Å². The third kappa shape index (κ3) is 4.25. The summed E-state index contributed by atoms with van der Waals surface area (Å²) in [5.41, 5.74) is -0.0939. The molecule has 0 bridgehead atoms. The molecule has 21 heavy (non-hydrogen) atoms. The zero-order chi connectivity index (χ0) is 15.8. The number of halogens is 2. The fourth-order valence-corrected chi connectivity index (χ4v) is 4.19. The Labute approximate surface area is 133 Å². The van der Waals surface area contributed by atoms with Crippen LogP contribution in [0.25, 0.3) is 0 Å². The van der Waals surface area contributed by atoms with Crippen molar-refractivity contribution in [3.8, 4) is 0 Å². The van der Waals surface area contributed by atoms with E-state index in [0.717, 1.165) is 12.8 Å². The van der Waals surface area contributed by atoms with Gasteiger partial charge in [0.1, 0.15) is 10.7 Å². The van der Waals surface area contributed by atoms with Crippen molar-refractivity contribution in [3.05, 3.63) is 28.0 Å². The zero-order valence-electron chi connectivity index (χ0n) is 12.3. The van der Waals surface area contributed by atoms with Crippen LogP contribution in [0.5, 0.6) is 0 Å². The van der Waals surface area contributed by atoms with Gasteiger partial charge in [-0.15, -0.1) is 0 Å². The van der Waals surface area contributed by atoms with Gasteiger partial charge in [0, 0.05) is 28.2 Å². The minimum atomic E-state index is -3.85. The summed E-state index contributed by atoms with van der Waals surface area (Å²) >= 11 is 3.26. The second-order valence-electron chi connectivity index (χ2n) is 6.08. The molecule has 0 unspecified atom stereocenters. The zero-order valence-corrected chi connectivity index (χ0v) is 14.7. The standard InChI is InChI=1S/C14H20BrFN2O2S/c1-9(2)17-8-10-6-11(15)7-12(13(10)16)21(19,20)18-14(3)4-5-14/h6-7,9,17-18H,4-5,8H2,1-3H3. The van der Waals surface area contributed by atoms with Crippen LogP contribution in [0.3, 0.4) is 0 Å². The minimum absolute atomic E-state index is 0.187. The molecule has 0 aliphatic heterocycles. The molecule has 0 atom stereocenters. The predicted molar refractivity (Wildman–Crippen MR) is 84.0 cm³/mol. The van der Waals surface area contributed by atoms with Crippen molar-refractivity contribution in [2.45, 2.75) is 56.6 Å². The van der Waals surface area contributed by atoms with Gasteiger partial charge in [0.2, 0.25) is 10.0 Å². The average Bonchev–Trinajstić information content (AvgIpc) is 3.06. The molecule has 0 spiro atoms. The topological polar surface area (TPSA) is 58.2 Å². The molecule has 1 aromatic carbocycles. The Balaban J connectivity index is 2.34. The first-order valence-corrected chi connectivity index (χ1v) is 9.16. The molecule has 7 heteroatoms. The van der Waals surface area contributed by atoms with Gasteiger partial charge in [0.25, 0.3) is 0 Å². The molecule has 0 heterocycles. The summed E-state index contributed by atoms with van der Waals surface area (Å²) in [4.78, 5) is -0.300. The van der Waals surface area contributed by atoms with Gasteiger partial charge in [-0.3, -0.25) is 0 Å². The minimum Gasteiger partial charge on any atom is -0.310 e. The first kappa shape index (κ1) is 16.9. The highest BCUT2D eigenvalue weighted by Crippen LogP contribution is 2.36. The van der Waals surface area contributed by atoms with Crippen LogP contribution < -0.4 is 10.0 Å². The van der Waals surface area contributed by atoms with Crippen LogP contribution in [0, 0.1) is 5.82 Å². The van der Waals surface area contributed by atoms with Gasteiger partial charge in [0.15, 0.2) is 0 Å². The van der Waals surface area contributed by atoms with Crippen LogP contribution in [-0.2, 0) is 16.6 Å². The van der Waals surface area contributed by atoms with Crippen LogP contribution in [-0.4, -0.2) is 20.0 Å². The number of hydrogen-bond acceptors (Lipinski definition) is 3. The maximum absolute atomic E-state index is 14.5. The molecule has 2 N–H and O–H groups in total. The Morgan fingerprint density at radius 1 is 1.38 bits per heavy atom. The summed E-state index contributed by atoms with van der Waals surface area (Å²) < 4.78 is 42.4. The predicted octanol–water partition coefficient (Wildman–Crippen LogP) is 2.92. The molecule has 118 valence electrons. The monoisotopic (exact) mass is 378 g/mol.